The van der Waals surface area contributed by atoms with Crippen LogP contribution in [-0.2, 0) is 4.79 Å². The van der Waals surface area contributed by atoms with Gasteiger partial charge < -0.3 is 20.3 Å². The second-order valence-electron chi connectivity index (χ2n) is 6.56. The van der Waals surface area contributed by atoms with Gasteiger partial charge in [-0.1, -0.05) is 11.6 Å². The molecular formula is C19H31Cl3N4O3. The first-order chi connectivity index (χ1) is 12.9. The van der Waals surface area contributed by atoms with Crippen molar-refractivity contribution in [3.8, 4) is 5.75 Å². The van der Waals surface area contributed by atoms with E-state index in [0.29, 0.717) is 61.3 Å². The molecule has 166 valence electrons. The summed E-state index contributed by atoms with van der Waals surface area (Å²) in [5, 5.41) is 0.334. The van der Waals surface area contributed by atoms with E-state index in [9.17, 15) is 9.59 Å². The first-order valence-electron chi connectivity index (χ1n) is 9.33. The Bertz CT molecular complexity index is 687. The number of amides is 2. The normalized spacial score (nSPS) is 14.3. The molecule has 0 aliphatic carbocycles. The number of hydrogen-bond acceptors (Lipinski definition) is 5. The molecule has 1 fully saturated rings. The number of nitrogen functional groups attached to an aromatic ring is 1. The van der Waals surface area contributed by atoms with E-state index < -0.39 is 0 Å². The summed E-state index contributed by atoms with van der Waals surface area (Å²) in [6.07, 6.45) is 0.808. The van der Waals surface area contributed by atoms with E-state index >= 15 is 0 Å². The van der Waals surface area contributed by atoms with Gasteiger partial charge >= 0.3 is 0 Å². The summed E-state index contributed by atoms with van der Waals surface area (Å²) in [6, 6.07) is 3.13. The second kappa shape index (κ2) is 13.0. The molecule has 0 unspecified atom stereocenters. The number of carbonyl (C=O) groups is 2. The van der Waals surface area contributed by atoms with Crippen LogP contribution in [0.5, 0.6) is 5.75 Å². The Hall–Kier alpha value is -1.41. The number of nitrogens with two attached hydrogens (primary N) is 1. The van der Waals surface area contributed by atoms with Crippen LogP contribution in [0.4, 0.5) is 5.69 Å². The molecular weight excluding hydrogens is 439 g/mol. The third kappa shape index (κ3) is 7.10. The van der Waals surface area contributed by atoms with Gasteiger partial charge in [-0.25, -0.2) is 0 Å². The fraction of sp³-hybridized carbons (Fsp3) is 0.579. The van der Waals surface area contributed by atoms with Gasteiger partial charge in [0, 0.05) is 45.3 Å². The number of likely N-dealkylation sites (N-methyl/N-ethyl adjacent to an activating group) is 1. The molecule has 1 aliphatic rings. The second-order valence-corrected chi connectivity index (χ2v) is 6.97. The largest absolute Gasteiger partial charge is 0.496 e. The monoisotopic (exact) mass is 468 g/mol. The number of rotatable bonds is 6. The molecule has 29 heavy (non-hydrogen) atoms. The molecule has 0 spiro atoms. The minimum absolute atomic E-state index is 0. The first-order valence-corrected chi connectivity index (χ1v) is 9.71. The van der Waals surface area contributed by atoms with Crippen LogP contribution < -0.4 is 10.5 Å². The molecule has 1 aromatic carbocycles. The predicted molar refractivity (Wildman–Crippen MR) is 122 cm³/mol. The number of ether oxygens (including phenoxy) is 1. The molecule has 0 radical (unpaired) electrons. The maximum Gasteiger partial charge on any atom is 0.257 e. The van der Waals surface area contributed by atoms with E-state index in [1.165, 1.54) is 7.11 Å². The summed E-state index contributed by atoms with van der Waals surface area (Å²) in [5.41, 5.74) is 6.58. The van der Waals surface area contributed by atoms with Crippen LogP contribution in [0.1, 0.15) is 30.6 Å². The molecule has 1 aromatic rings. The Morgan fingerprint density at radius 2 is 1.79 bits per heavy atom. The highest BCUT2D eigenvalue weighted by molar-refractivity contribution is 6.33. The van der Waals surface area contributed by atoms with Crippen molar-refractivity contribution in [2.75, 3.05) is 58.7 Å². The fourth-order valence-electron chi connectivity index (χ4n) is 3.28. The minimum Gasteiger partial charge on any atom is -0.496 e. The van der Waals surface area contributed by atoms with Crippen LogP contribution >= 0.6 is 36.4 Å². The Kier molecular flexibility index (Phi) is 12.4. The summed E-state index contributed by atoms with van der Waals surface area (Å²) in [7, 11) is 1.50. The fourth-order valence-corrected chi connectivity index (χ4v) is 3.44. The molecule has 1 saturated heterocycles. The highest BCUT2D eigenvalue weighted by Crippen LogP contribution is 2.30. The van der Waals surface area contributed by atoms with Gasteiger partial charge in [0.15, 0.2) is 0 Å². The van der Waals surface area contributed by atoms with Crippen LogP contribution in [0.2, 0.25) is 5.02 Å². The van der Waals surface area contributed by atoms with Gasteiger partial charge in [-0.3, -0.25) is 14.5 Å². The summed E-state index contributed by atoms with van der Waals surface area (Å²) in [4.78, 5) is 31.0. The van der Waals surface area contributed by atoms with Crippen LogP contribution in [0, 0.1) is 0 Å². The van der Waals surface area contributed by atoms with Crippen molar-refractivity contribution in [2.45, 2.75) is 20.3 Å². The van der Waals surface area contributed by atoms with E-state index in [1.54, 1.807) is 17.0 Å². The van der Waals surface area contributed by atoms with E-state index in [2.05, 4.69) is 4.90 Å². The van der Waals surface area contributed by atoms with E-state index in [0.717, 1.165) is 13.0 Å². The van der Waals surface area contributed by atoms with Gasteiger partial charge in [0.1, 0.15) is 5.75 Å². The summed E-state index contributed by atoms with van der Waals surface area (Å²) < 4.78 is 5.30. The lowest BCUT2D eigenvalue weighted by molar-refractivity contribution is -0.132. The third-order valence-corrected chi connectivity index (χ3v) is 5.23. The van der Waals surface area contributed by atoms with Crippen LogP contribution in [0.15, 0.2) is 12.1 Å². The number of hydrogen-bond donors (Lipinski definition) is 1. The average Bonchev–Trinajstić information content (AvgIpc) is 2.89. The topological polar surface area (TPSA) is 79.1 Å². The van der Waals surface area contributed by atoms with Gasteiger partial charge in [-0.2, -0.15) is 0 Å². The number of methoxy groups -OCH3 is 1. The zero-order valence-corrected chi connectivity index (χ0v) is 19.5. The van der Waals surface area contributed by atoms with Crippen molar-refractivity contribution in [3.63, 3.8) is 0 Å². The zero-order chi connectivity index (χ0) is 20.0. The smallest absolute Gasteiger partial charge is 0.257 e. The zero-order valence-electron chi connectivity index (χ0n) is 17.1. The molecule has 2 amide bonds. The van der Waals surface area contributed by atoms with Crippen molar-refractivity contribution >= 4 is 53.9 Å². The number of nitrogens with zero attached hydrogens (tertiary/aromatic N) is 3. The number of anilines is 1. The van der Waals surface area contributed by atoms with Gasteiger partial charge in [0.25, 0.3) is 5.91 Å². The van der Waals surface area contributed by atoms with Crippen LogP contribution in [0.3, 0.4) is 0 Å². The van der Waals surface area contributed by atoms with Crippen LogP contribution in [0.25, 0.3) is 0 Å². The predicted octanol–water partition coefficient (Wildman–Crippen LogP) is 2.79. The van der Waals surface area contributed by atoms with Gasteiger partial charge in [0.2, 0.25) is 5.91 Å². The molecule has 1 heterocycles. The number of halogens is 3. The Balaban J connectivity index is 0.00000392. The van der Waals surface area contributed by atoms with Crippen molar-refractivity contribution < 1.29 is 14.3 Å². The van der Waals surface area contributed by atoms with E-state index in [-0.39, 0.29) is 36.6 Å². The highest BCUT2D eigenvalue weighted by atomic mass is 35.5. The lowest BCUT2D eigenvalue weighted by Gasteiger charge is -2.25. The van der Waals surface area contributed by atoms with Crippen molar-refractivity contribution in [1.82, 2.24) is 14.7 Å². The van der Waals surface area contributed by atoms with Crippen LogP contribution in [-0.4, -0.2) is 79.4 Å². The summed E-state index contributed by atoms with van der Waals surface area (Å²) >= 11 is 6.09. The lowest BCUT2D eigenvalue weighted by atomic mass is 10.1. The molecule has 0 bridgehead atoms. The van der Waals surface area contributed by atoms with Crippen molar-refractivity contribution in [3.05, 3.63) is 22.7 Å². The molecule has 2 N–H and O–H groups in total. The number of benzene rings is 1. The molecule has 0 aromatic heterocycles. The van der Waals surface area contributed by atoms with E-state index in [4.69, 9.17) is 22.1 Å². The third-order valence-electron chi connectivity index (χ3n) is 4.90. The SMILES string of the molecule is CCN(CC)C(=O)CN1CCCN(C(=O)c2cc(Cl)c(N)cc2OC)CC1.Cl.Cl. The summed E-state index contributed by atoms with van der Waals surface area (Å²) in [5.74, 6) is 0.414. The van der Waals surface area contributed by atoms with Crippen molar-refractivity contribution in [1.29, 1.82) is 0 Å². The van der Waals surface area contributed by atoms with Gasteiger partial charge in [0.05, 0.1) is 29.9 Å². The van der Waals surface area contributed by atoms with Crippen molar-refractivity contribution in [2.24, 2.45) is 0 Å². The quantitative estimate of drug-likeness (QED) is 0.648. The molecule has 0 saturated carbocycles. The minimum atomic E-state index is -0.134. The van der Waals surface area contributed by atoms with Gasteiger partial charge in [-0.15, -0.1) is 24.8 Å². The summed E-state index contributed by atoms with van der Waals surface area (Å²) in [6.45, 7) is 8.40. The molecule has 1 aliphatic heterocycles. The molecule has 10 heteroatoms. The first kappa shape index (κ1) is 27.6. The Morgan fingerprint density at radius 1 is 1.14 bits per heavy atom. The average molecular weight is 470 g/mol. The highest BCUT2D eigenvalue weighted by Gasteiger charge is 2.25. The Morgan fingerprint density at radius 3 is 2.38 bits per heavy atom. The van der Waals surface area contributed by atoms with E-state index in [1.807, 2.05) is 18.7 Å². The maximum atomic E-state index is 13.0. The molecule has 2 rings (SSSR count). The Labute approximate surface area is 190 Å². The molecule has 7 nitrogen and oxygen atoms in total. The maximum absolute atomic E-state index is 13.0. The standard InChI is InChI=1S/C19H29ClN4O3.2ClH/c1-4-23(5-2)18(25)13-22-7-6-8-24(10-9-22)19(26)14-11-15(20)16(21)12-17(14)27-3;;/h11-12H,4-10,13,21H2,1-3H3;2*1H. The molecule has 0 atom stereocenters. The number of carbonyl (C=O) groups excluding carboxylic acids is 2. The lowest BCUT2D eigenvalue weighted by Crippen LogP contribution is -2.42. The van der Waals surface area contributed by atoms with Gasteiger partial charge in [-0.05, 0) is 26.3 Å².